The number of hydrogen-bond donors (Lipinski definition) is 1. The van der Waals surface area contributed by atoms with Crippen LogP contribution in [0.1, 0.15) is 41.3 Å². The molecule has 0 unspecified atom stereocenters. The summed E-state index contributed by atoms with van der Waals surface area (Å²) in [7, 11) is -3.70. The minimum Gasteiger partial charge on any atom is -0.339 e. The topological polar surface area (TPSA) is 66.5 Å². The van der Waals surface area contributed by atoms with E-state index >= 15 is 0 Å². The number of amides is 1. The van der Waals surface area contributed by atoms with Gasteiger partial charge in [-0.05, 0) is 61.6 Å². The standard InChI is InChI=1S/C20H24N2O3S/c1-3-16-8-6-7-15(2)19(16)21-26(24,25)18-11-9-17(10-12-18)20(23)22-13-4-5-14-22/h6-12,21H,3-5,13-14H2,1-2H3. The van der Waals surface area contributed by atoms with Crippen molar-refractivity contribution in [1.29, 1.82) is 0 Å². The highest BCUT2D eigenvalue weighted by Gasteiger charge is 2.21. The first-order chi connectivity index (χ1) is 12.4. The molecular formula is C20H24N2O3S. The molecule has 3 rings (SSSR count). The van der Waals surface area contributed by atoms with Gasteiger partial charge in [0.2, 0.25) is 0 Å². The molecule has 1 amide bonds. The van der Waals surface area contributed by atoms with Gasteiger partial charge in [-0.25, -0.2) is 8.42 Å². The minimum atomic E-state index is -3.70. The van der Waals surface area contributed by atoms with E-state index in [0.29, 0.717) is 11.3 Å². The van der Waals surface area contributed by atoms with E-state index in [1.54, 1.807) is 12.1 Å². The fourth-order valence-corrected chi connectivity index (χ4v) is 4.41. The number of likely N-dealkylation sites (tertiary alicyclic amines) is 1. The summed E-state index contributed by atoms with van der Waals surface area (Å²) in [5, 5.41) is 0. The maximum atomic E-state index is 12.8. The molecule has 2 aromatic rings. The van der Waals surface area contributed by atoms with Gasteiger partial charge in [0.25, 0.3) is 15.9 Å². The lowest BCUT2D eigenvalue weighted by Gasteiger charge is -2.16. The van der Waals surface area contributed by atoms with Crippen molar-refractivity contribution >= 4 is 21.6 Å². The first kappa shape index (κ1) is 18.5. The largest absolute Gasteiger partial charge is 0.339 e. The number of nitrogens with one attached hydrogen (secondary N) is 1. The number of nitrogens with zero attached hydrogens (tertiary/aromatic N) is 1. The molecular weight excluding hydrogens is 348 g/mol. The SMILES string of the molecule is CCc1cccc(C)c1NS(=O)(=O)c1ccc(C(=O)N2CCCC2)cc1. The molecule has 1 aliphatic rings. The van der Waals surface area contributed by atoms with E-state index in [-0.39, 0.29) is 10.8 Å². The van der Waals surface area contributed by atoms with E-state index in [9.17, 15) is 13.2 Å². The highest BCUT2D eigenvalue weighted by Crippen LogP contribution is 2.25. The van der Waals surface area contributed by atoms with Gasteiger partial charge in [0.05, 0.1) is 10.6 Å². The lowest BCUT2D eigenvalue weighted by molar-refractivity contribution is 0.0792. The Kier molecular flexibility index (Phi) is 5.32. The molecule has 0 radical (unpaired) electrons. The van der Waals surface area contributed by atoms with E-state index in [1.807, 2.05) is 36.9 Å². The van der Waals surface area contributed by atoms with Crippen LogP contribution in [0.25, 0.3) is 0 Å². The number of sulfonamides is 1. The van der Waals surface area contributed by atoms with Gasteiger partial charge in [0, 0.05) is 18.7 Å². The first-order valence-electron chi connectivity index (χ1n) is 8.93. The number of anilines is 1. The van der Waals surface area contributed by atoms with Crippen LogP contribution in [0.15, 0.2) is 47.4 Å². The predicted octanol–water partition coefficient (Wildman–Crippen LogP) is 3.59. The molecule has 1 N–H and O–H groups in total. The molecule has 5 nitrogen and oxygen atoms in total. The van der Waals surface area contributed by atoms with Gasteiger partial charge in [-0.1, -0.05) is 25.1 Å². The minimum absolute atomic E-state index is 0.0356. The summed E-state index contributed by atoms with van der Waals surface area (Å²) < 4.78 is 28.2. The number of carbonyl (C=O) groups excluding carboxylic acids is 1. The normalized spacial score (nSPS) is 14.5. The van der Waals surface area contributed by atoms with Crippen molar-refractivity contribution in [2.45, 2.75) is 38.0 Å². The van der Waals surface area contributed by atoms with Crippen LogP contribution in [0.3, 0.4) is 0 Å². The average Bonchev–Trinajstić information content (AvgIpc) is 3.17. The Labute approximate surface area is 155 Å². The summed E-state index contributed by atoms with van der Waals surface area (Å²) in [5.41, 5.74) is 2.99. The molecule has 0 atom stereocenters. The smallest absolute Gasteiger partial charge is 0.261 e. The Morgan fingerprint density at radius 1 is 1.08 bits per heavy atom. The first-order valence-corrected chi connectivity index (χ1v) is 10.4. The monoisotopic (exact) mass is 372 g/mol. The third kappa shape index (κ3) is 3.75. The number of para-hydroxylation sites is 1. The van der Waals surface area contributed by atoms with Crippen molar-refractivity contribution in [2.24, 2.45) is 0 Å². The van der Waals surface area contributed by atoms with Crippen LogP contribution in [0.5, 0.6) is 0 Å². The predicted molar refractivity (Wildman–Crippen MR) is 103 cm³/mol. The van der Waals surface area contributed by atoms with Gasteiger partial charge in [-0.3, -0.25) is 9.52 Å². The number of hydrogen-bond acceptors (Lipinski definition) is 3. The van der Waals surface area contributed by atoms with Gasteiger partial charge in [0.1, 0.15) is 0 Å². The summed E-state index contributed by atoms with van der Waals surface area (Å²) in [5.74, 6) is -0.0356. The maximum Gasteiger partial charge on any atom is 0.261 e. The molecule has 1 heterocycles. The van der Waals surface area contributed by atoms with E-state index in [1.165, 1.54) is 12.1 Å². The average molecular weight is 372 g/mol. The van der Waals surface area contributed by atoms with E-state index < -0.39 is 10.0 Å². The molecule has 138 valence electrons. The summed E-state index contributed by atoms with van der Waals surface area (Å²) in [4.78, 5) is 14.3. The van der Waals surface area contributed by atoms with Crippen LogP contribution in [0.2, 0.25) is 0 Å². The third-order valence-corrected chi connectivity index (χ3v) is 6.15. The molecule has 1 fully saturated rings. The summed E-state index contributed by atoms with van der Waals surface area (Å²) in [6, 6.07) is 11.9. The van der Waals surface area contributed by atoms with Crippen LogP contribution in [0.4, 0.5) is 5.69 Å². The molecule has 0 spiro atoms. The molecule has 2 aromatic carbocycles. The van der Waals surface area contributed by atoms with Crippen LogP contribution < -0.4 is 4.72 Å². The van der Waals surface area contributed by atoms with Gasteiger partial charge in [-0.2, -0.15) is 0 Å². The molecule has 26 heavy (non-hydrogen) atoms. The highest BCUT2D eigenvalue weighted by molar-refractivity contribution is 7.92. The van der Waals surface area contributed by atoms with Crippen molar-refractivity contribution in [2.75, 3.05) is 17.8 Å². The van der Waals surface area contributed by atoms with Gasteiger partial charge >= 0.3 is 0 Å². The number of rotatable bonds is 5. The molecule has 0 aromatic heterocycles. The van der Waals surface area contributed by atoms with Crippen molar-refractivity contribution in [1.82, 2.24) is 4.90 Å². The molecule has 1 saturated heterocycles. The molecule has 1 aliphatic heterocycles. The second-order valence-corrected chi connectivity index (χ2v) is 8.27. The lowest BCUT2D eigenvalue weighted by Crippen LogP contribution is -2.27. The quantitative estimate of drug-likeness (QED) is 0.872. The Hall–Kier alpha value is -2.34. The summed E-state index contributed by atoms with van der Waals surface area (Å²) in [6.07, 6.45) is 2.79. The van der Waals surface area contributed by atoms with E-state index in [0.717, 1.165) is 43.5 Å². The molecule has 0 aliphatic carbocycles. The van der Waals surface area contributed by atoms with E-state index in [2.05, 4.69) is 4.72 Å². The van der Waals surface area contributed by atoms with Gasteiger partial charge < -0.3 is 4.90 Å². The Bertz CT molecular complexity index is 899. The van der Waals surface area contributed by atoms with Crippen molar-refractivity contribution < 1.29 is 13.2 Å². The number of benzene rings is 2. The van der Waals surface area contributed by atoms with Crippen molar-refractivity contribution in [3.05, 3.63) is 59.2 Å². The molecule has 0 bridgehead atoms. The van der Waals surface area contributed by atoms with Crippen LogP contribution in [-0.4, -0.2) is 32.3 Å². The third-order valence-electron chi connectivity index (χ3n) is 4.78. The number of aryl methyl sites for hydroxylation is 2. The van der Waals surface area contributed by atoms with Gasteiger partial charge in [-0.15, -0.1) is 0 Å². The second kappa shape index (κ2) is 7.50. The number of carbonyl (C=O) groups is 1. The lowest BCUT2D eigenvalue weighted by atomic mass is 10.1. The Balaban J connectivity index is 1.83. The van der Waals surface area contributed by atoms with E-state index in [4.69, 9.17) is 0 Å². The fourth-order valence-electron chi connectivity index (χ4n) is 3.24. The Morgan fingerprint density at radius 2 is 1.73 bits per heavy atom. The molecule has 6 heteroatoms. The highest BCUT2D eigenvalue weighted by atomic mass is 32.2. The fraction of sp³-hybridized carbons (Fsp3) is 0.350. The maximum absolute atomic E-state index is 12.8. The zero-order valence-corrected chi connectivity index (χ0v) is 16.0. The van der Waals surface area contributed by atoms with Crippen LogP contribution >= 0.6 is 0 Å². The van der Waals surface area contributed by atoms with Crippen LogP contribution in [-0.2, 0) is 16.4 Å². The summed E-state index contributed by atoms with van der Waals surface area (Å²) in [6.45, 7) is 5.42. The zero-order chi connectivity index (χ0) is 18.7. The second-order valence-electron chi connectivity index (χ2n) is 6.59. The Morgan fingerprint density at radius 3 is 2.35 bits per heavy atom. The van der Waals surface area contributed by atoms with Gasteiger partial charge in [0.15, 0.2) is 0 Å². The van der Waals surface area contributed by atoms with Crippen molar-refractivity contribution in [3.8, 4) is 0 Å². The zero-order valence-electron chi connectivity index (χ0n) is 15.2. The van der Waals surface area contributed by atoms with Crippen molar-refractivity contribution in [3.63, 3.8) is 0 Å². The summed E-state index contributed by atoms with van der Waals surface area (Å²) >= 11 is 0. The van der Waals surface area contributed by atoms with Crippen LogP contribution in [0, 0.1) is 6.92 Å². The molecule has 0 saturated carbocycles.